The van der Waals surface area contributed by atoms with Gasteiger partial charge in [0.25, 0.3) is 0 Å². The van der Waals surface area contributed by atoms with E-state index in [4.69, 9.17) is 0 Å². The molecule has 9 heteroatoms. The Labute approximate surface area is 139 Å². The minimum Gasteiger partial charge on any atom is -0.334 e. The van der Waals surface area contributed by atoms with Crippen LogP contribution in [0.4, 0.5) is 28.0 Å². The van der Waals surface area contributed by atoms with Gasteiger partial charge in [-0.25, -0.2) is 9.18 Å². The lowest BCUT2D eigenvalue weighted by Crippen LogP contribution is -2.28. The van der Waals surface area contributed by atoms with Crippen molar-refractivity contribution in [2.24, 2.45) is 0 Å². The number of fused-ring (bicyclic) bond motifs is 1. The van der Waals surface area contributed by atoms with Crippen LogP contribution in [-0.2, 0) is 12.7 Å². The number of H-pyrrole nitrogens is 1. The zero-order valence-electron chi connectivity index (χ0n) is 12.6. The van der Waals surface area contributed by atoms with Crippen molar-refractivity contribution in [3.05, 3.63) is 59.5 Å². The molecule has 0 saturated carbocycles. The first-order valence-corrected chi connectivity index (χ1v) is 7.17. The lowest BCUT2D eigenvalue weighted by atomic mass is 10.1. The Hall–Kier alpha value is -3.10. The Morgan fingerprint density at radius 1 is 1.20 bits per heavy atom. The number of aromatic nitrogens is 2. The summed E-state index contributed by atoms with van der Waals surface area (Å²) >= 11 is 0. The van der Waals surface area contributed by atoms with E-state index in [1.165, 1.54) is 0 Å². The summed E-state index contributed by atoms with van der Waals surface area (Å²) in [5, 5.41) is 12.4. The molecule has 3 rings (SSSR count). The number of urea groups is 1. The number of carbonyl (C=O) groups excluding carboxylic acids is 1. The van der Waals surface area contributed by atoms with Crippen LogP contribution in [0.5, 0.6) is 0 Å². The Morgan fingerprint density at radius 3 is 2.72 bits per heavy atom. The molecule has 0 bridgehead atoms. The minimum atomic E-state index is -4.75. The number of hydrogen-bond acceptors (Lipinski definition) is 2. The summed E-state index contributed by atoms with van der Waals surface area (Å²) in [6.45, 7) is -0.123. The molecule has 0 fully saturated rings. The average Bonchev–Trinajstić information content (AvgIpc) is 3.01. The summed E-state index contributed by atoms with van der Waals surface area (Å²) in [5.41, 5.74) is 0.125. The number of halogens is 4. The zero-order valence-corrected chi connectivity index (χ0v) is 12.6. The highest BCUT2D eigenvalue weighted by molar-refractivity contribution is 6.00. The van der Waals surface area contributed by atoms with Gasteiger partial charge in [-0.1, -0.05) is 12.1 Å². The minimum absolute atomic E-state index is 0.123. The lowest BCUT2D eigenvalue weighted by molar-refractivity contribution is -0.140. The van der Waals surface area contributed by atoms with E-state index in [0.29, 0.717) is 17.1 Å². The second-order valence-electron chi connectivity index (χ2n) is 5.26. The van der Waals surface area contributed by atoms with Crippen LogP contribution in [-0.4, -0.2) is 16.2 Å². The van der Waals surface area contributed by atoms with E-state index in [9.17, 15) is 22.4 Å². The average molecular weight is 352 g/mol. The standard InChI is InChI=1S/C16H12F4N4O/c17-12-6-9(4-5-11(12)16(18,19)20)7-21-15(25)23-13-2-1-3-14-10(13)8-22-24-14/h1-6,8H,7H2,(H,22,24)(H2,21,23,25). The number of hydrogen-bond donors (Lipinski definition) is 3. The highest BCUT2D eigenvalue weighted by atomic mass is 19.4. The first-order chi connectivity index (χ1) is 11.8. The van der Waals surface area contributed by atoms with Crippen LogP contribution in [0.1, 0.15) is 11.1 Å². The van der Waals surface area contributed by atoms with E-state index < -0.39 is 23.6 Å². The molecule has 130 valence electrons. The SMILES string of the molecule is O=C(NCc1ccc(C(F)(F)F)c(F)c1)Nc1cccc2[nH]ncc12. The maximum absolute atomic E-state index is 13.5. The van der Waals surface area contributed by atoms with Gasteiger partial charge in [-0.2, -0.15) is 18.3 Å². The van der Waals surface area contributed by atoms with Gasteiger partial charge in [0.1, 0.15) is 5.82 Å². The van der Waals surface area contributed by atoms with Gasteiger partial charge < -0.3 is 10.6 Å². The molecular formula is C16H12F4N4O. The maximum Gasteiger partial charge on any atom is 0.419 e. The molecular weight excluding hydrogens is 340 g/mol. The van der Waals surface area contributed by atoms with Gasteiger partial charge >= 0.3 is 12.2 Å². The molecule has 2 amide bonds. The van der Waals surface area contributed by atoms with Crippen molar-refractivity contribution in [1.82, 2.24) is 15.5 Å². The summed E-state index contributed by atoms with van der Waals surface area (Å²) in [6.07, 6.45) is -3.20. The Kier molecular flexibility index (Phi) is 4.30. The van der Waals surface area contributed by atoms with Crippen molar-refractivity contribution in [1.29, 1.82) is 0 Å². The van der Waals surface area contributed by atoms with Crippen LogP contribution in [0, 0.1) is 5.82 Å². The number of nitrogens with zero attached hydrogens (tertiary/aromatic N) is 1. The smallest absolute Gasteiger partial charge is 0.334 e. The first-order valence-electron chi connectivity index (χ1n) is 7.17. The molecule has 0 aliphatic rings. The molecule has 0 unspecified atom stereocenters. The number of amides is 2. The molecule has 1 heterocycles. The summed E-state index contributed by atoms with van der Waals surface area (Å²) < 4.78 is 51.0. The predicted molar refractivity (Wildman–Crippen MR) is 83.4 cm³/mol. The van der Waals surface area contributed by atoms with Crippen molar-refractivity contribution in [2.75, 3.05) is 5.32 Å². The van der Waals surface area contributed by atoms with Gasteiger partial charge in [0, 0.05) is 11.9 Å². The molecule has 5 nitrogen and oxygen atoms in total. The van der Waals surface area contributed by atoms with Crippen molar-refractivity contribution in [2.45, 2.75) is 12.7 Å². The molecule has 0 atom stereocenters. The molecule has 0 aliphatic heterocycles. The monoisotopic (exact) mass is 352 g/mol. The first kappa shape index (κ1) is 16.7. The fourth-order valence-electron chi connectivity index (χ4n) is 2.32. The zero-order chi connectivity index (χ0) is 18.0. The summed E-state index contributed by atoms with van der Waals surface area (Å²) in [6, 6.07) is 7.13. The summed E-state index contributed by atoms with van der Waals surface area (Å²) in [5.74, 6) is -1.38. The summed E-state index contributed by atoms with van der Waals surface area (Å²) in [7, 11) is 0. The molecule has 1 aromatic heterocycles. The van der Waals surface area contributed by atoms with E-state index >= 15 is 0 Å². The van der Waals surface area contributed by atoms with Crippen molar-refractivity contribution >= 4 is 22.6 Å². The fourth-order valence-corrected chi connectivity index (χ4v) is 2.32. The van der Waals surface area contributed by atoms with Gasteiger partial charge in [0.2, 0.25) is 0 Å². The Balaban J connectivity index is 1.65. The normalized spacial score (nSPS) is 11.5. The number of rotatable bonds is 3. The number of nitrogens with one attached hydrogen (secondary N) is 3. The molecule has 3 N–H and O–H groups in total. The predicted octanol–water partition coefficient (Wildman–Crippen LogP) is 4.04. The van der Waals surface area contributed by atoms with E-state index in [0.717, 1.165) is 17.6 Å². The van der Waals surface area contributed by atoms with Gasteiger partial charge in [-0.05, 0) is 29.8 Å². The molecule has 3 aromatic rings. The second-order valence-corrected chi connectivity index (χ2v) is 5.26. The molecule has 2 aromatic carbocycles. The molecule has 0 radical (unpaired) electrons. The highest BCUT2D eigenvalue weighted by Crippen LogP contribution is 2.31. The number of aromatic amines is 1. The third kappa shape index (κ3) is 3.70. The van der Waals surface area contributed by atoms with E-state index in [1.54, 1.807) is 24.4 Å². The maximum atomic E-state index is 13.5. The van der Waals surface area contributed by atoms with Crippen LogP contribution in [0.3, 0.4) is 0 Å². The van der Waals surface area contributed by atoms with E-state index in [2.05, 4.69) is 20.8 Å². The molecule has 0 spiro atoms. The van der Waals surface area contributed by atoms with Gasteiger partial charge in [0.05, 0.1) is 23.0 Å². The highest BCUT2D eigenvalue weighted by Gasteiger charge is 2.33. The Morgan fingerprint density at radius 2 is 2.00 bits per heavy atom. The van der Waals surface area contributed by atoms with Crippen molar-refractivity contribution < 1.29 is 22.4 Å². The van der Waals surface area contributed by atoms with E-state index in [1.807, 2.05) is 0 Å². The van der Waals surface area contributed by atoms with Gasteiger partial charge in [0.15, 0.2) is 0 Å². The largest absolute Gasteiger partial charge is 0.419 e. The topological polar surface area (TPSA) is 69.8 Å². The molecule has 0 saturated heterocycles. The second kappa shape index (κ2) is 6.42. The van der Waals surface area contributed by atoms with E-state index in [-0.39, 0.29) is 12.1 Å². The number of carbonyl (C=O) groups is 1. The van der Waals surface area contributed by atoms with Crippen molar-refractivity contribution in [3.8, 4) is 0 Å². The van der Waals surface area contributed by atoms with Crippen LogP contribution in [0.15, 0.2) is 42.6 Å². The number of alkyl halides is 3. The fraction of sp³-hybridized carbons (Fsp3) is 0.125. The van der Waals surface area contributed by atoms with Crippen LogP contribution >= 0.6 is 0 Å². The quantitative estimate of drug-likeness (QED) is 0.623. The Bertz CT molecular complexity index is 920. The third-order valence-corrected chi connectivity index (χ3v) is 3.52. The van der Waals surface area contributed by atoms with Gasteiger partial charge in [-0.15, -0.1) is 0 Å². The van der Waals surface area contributed by atoms with Crippen LogP contribution in [0.25, 0.3) is 10.9 Å². The lowest BCUT2D eigenvalue weighted by Gasteiger charge is -2.11. The molecule has 0 aliphatic carbocycles. The summed E-state index contributed by atoms with van der Waals surface area (Å²) in [4.78, 5) is 11.9. The number of anilines is 1. The van der Waals surface area contributed by atoms with Gasteiger partial charge in [-0.3, -0.25) is 5.10 Å². The van der Waals surface area contributed by atoms with Crippen LogP contribution in [0.2, 0.25) is 0 Å². The number of benzene rings is 2. The molecule has 25 heavy (non-hydrogen) atoms. The van der Waals surface area contributed by atoms with Crippen molar-refractivity contribution in [3.63, 3.8) is 0 Å². The third-order valence-electron chi connectivity index (χ3n) is 3.52. The van der Waals surface area contributed by atoms with Crippen LogP contribution < -0.4 is 10.6 Å².